The van der Waals surface area contributed by atoms with Crippen LogP contribution < -0.4 is 0 Å². The molecule has 1 heterocycles. The minimum Gasteiger partial charge on any atom is -0.283 e. The molecule has 3 heteroatoms. The van der Waals surface area contributed by atoms with E-state index in [4.69, 9.17) is 17.5 Å². The van der Waals surface area contributed by atoms with E-state index in [1.54, 1.807) is 0 Å². The fraction of sp³-hybridized carbons (Fsp3) is 0.833. The summed E-state index contributed by atoms with van der Waals surface area (Å²) in [6.07, 6.45) is 2.03. The predicted octanol–water partition coefficient (Wildman–Crippen LogP) is 2.64. The Morgan fingerprint density at radius 3 is 2.67 bits per heavy atom. The topological polar surface area (TPSA) is 27.0 Å². The van der Waals surface area contributed by atoms with Crippen LogP contribution in [0.5, 0.6) is 0 Å². The van der Waals surface area contributed by atoms with E-state index in [9.17, 15) is 0 Å². The van der Waals surface area contributed by atoms with Crippen molar-refractivity contribution in [3.63, 3.8) is 0 Å². The van der Waals surface area contributed by atoms with E-state index in [1.807, 2.05) is 0 Å². The number of nitriles is 1. The molecular weight excluding hydrogens is 204 g/mol. The highest BCUT2D eigenvalue weighted by atomic mass is 32.1. The van der Waals surface area contributed by atoms with Crippen molar-refractivity contribution in [2.75, 3.05) is 13.1 Å². The highest BCUT2D eigenvalue weighted by Crippen LogP contribution is 2.26. The van der Waals surface area contributed by atoms with Crippen molar-refractivity contribution in [1.29, 1.82) is 5.26 Å². The molecule has 1 rings (SSSR count). The molecule has 0 N–H and O–H groups in total. The van der Waals surface area contributed by atoms with Crippen molar-refractivity contribution in [3.8, 4) is 6.07 Å². The molecule has 0 radical (unpaired) electrons. The number of hydrogen-bond acceptors (Lipinski definition) is 3. The van der Waals surface area contributed by atoms with Crippen LogP contribution in [0.2, 0.25) is 0 Å². The smallest absolute Gasteiger partial charge is 0.0978 e. The van der Waals surface area contributed by atoms with Crippen LogP contribution in [-0.2, 0) is 0 Å². The van der Waals surface area contributed by atoms with Crippen molar-refractivity contribution < 1.29 is 0 Å². The molecule has 0 spiro atoms. The minimum atomic E-state index is 0.0446. The maximum absolute atomic E-state index is 9.04. The van der Waals surface area contributed by atoms with Crippen LogP contribution in [0.4, 0.5) is 0 Å². The van der Waals surface area contributed by atoms with Crippen LogP contribution in [-0.4, -0.2) is 28.9 Å². The third-order valence-electron chi connectivity index (χ3n) is 3.40. The molecule has 0 aromatic carbocycles. The lowest BCUT2D eigenvalue weighted by atomic mass is 9.84. The Morgan fingerprint density at radius 2 is 2.27 bits per heavy atom. The molecule has 15 heavy (non-hydrogen) atoms. The molecule has 0 aliphatic carbocycles. The zero-order valence-corrected chi connectivity index (χ0v) is 10.7. The molecule has 1 aliphatic heterocycles. The van der Waals surface area contributed by atoms with Crippen molar-refractivity contribution in [1.82, 2.24) is 4.90 Å². The Labute approximate surface area is 98.3 Å². The lowest BCUT2D eigenvalue weighted by molar-refractivity contribution is 0.182. The summed E-state index contributed by atoms with van der Waals surface area (Å²) in [5, 5.41) is 9.04. The van der Waals surface area contributed by atoms with Gasteiger partial charge in [0.05, 0.1) is 12.1 Å². The van der Waals surface area contributed by atoms with E-state index in [0.717, 1.165) is 30.8 Å². The summed E-state index contributed by atoms with van der Waals surface area (Å²) in [6, 6.07) is 2.41. The van der Waals surface area contributed by atoms with Gasteiger partial charge in [0, 0.05) is 18.0 Å². The Kier molecular flexibility index (Phi) is 4.69. The van der Waals surface area contributed by atoms with Gasteiger partial charge >= 0.3 is 0 Å². The van der Waals surface area contributed by atoms with Gasteiger partial charge in [0.2, 0.25) is 0 Å². The van der Waals surface area contributed by atoms with Gasteiger partial charge in [-0.25, -0.2) is 0 Å². The highest BCUT2D eigenvalue weighted by Gasteiger charge is 2.31. The van der Waals surface area contributed by atoms with Gasteiger partial charge in [-0.2, -0.15) is 5.26 Å². The van der Waals surface area contributed by atoms with Crippen LogP contribution in [0, 0.1) is 23.2 Å². The van der Waals surface area contributed by atoms with Gasteiger partial charge in [0.25, 0.3) is 0 Å². The second-order valence-corrected chi connectivity index (χ2v) is 4.97. The van der Waals surface area contributed by atoms with Crippen LogP contribution in [0.3, 0.4) is 0 Å². The second-order valence-electron chi connectivity index (χ2n) is 4.44. The van der Waals surface area contributed by atoms with Crippen LogP contribution >= 0.6 is 12.2 Å². The van der Waals surface area contributed by atoms with Gasteiger partial charge in [0.1, 0.15) is 0 Å². The highest BCUT2D eigenvalue weighted by molar-refractivity contribution is 7.80. The number of nitrogens with zero attached hydrogens (tertiary/aromatic N) is 2. The van der Waals surface area contributed by atoms with Gasteiger partial charge < -0.3 is 0 Å². The maximum Gasteiger partial charge on any atom is 0.0978 e. The molecule has 3 atom stereocenters. The van der Waals surface area contributed by atoms with Gasteiger partial charge in [-0.3, -0.25) is 4.90 Å². The first-order chi connectivity index (χ1) is 7.13. The summed E-state index contributed by atoms with van der Waals surface area (Å²) in [5.74, 6) is 1.17. The summed E-state index contributed by atoms with van der Waals surface area (Å²) in [7, 11) is 0. The monoisotopic (exact) mass is 224 g/mol. The van der Waals surface area contributed by atoms with E-state index in [1.165, 1.54) is 0 Å². The van der Waals surface area contributed by atoms with Gasteiger partial charge in [0.15, 0.2) is 0 Å². The summed E-state index contributed by atoms with van der Waals surface area (Å²) in [5.41, 5.74) is 0. The van der Waals surface area contributed by atoms with Crippen molar-refractivity contribution in [3.05, 3.63) is 0 Å². The average molecular weight is 224 g/mol. The van der Waals surface area contributed by atoms with Gasteiger partial charge in [-0.15, -0.1) is 0 Å². The van der Waals surface area contributed by atoms with E-state index < -0.39 is 0 Å². The van der Waals surface area contributed by atoms with Gasteiger partial charge in [-0.05, 0) is 24.7 Å². The fourth-order valence-corrected chi connectivity index (χ4v) is 3.06. The van der Waals surface area contributed by atoms with Crippen LogP contribution in [0.1, 0.15) is 33.6 Å². The first-order valence-electron chi connectivity index (χ1n) is 5.80. The summed E-state index contributed by atoms with van der Waals surface area (Å²) >= 11 is 5.44. The van der Waals surface area contributed by atoms with Crippen LogP contribution in [0.15, 0.2) is 0 Å². The molecule has 0 aromatic rings. The molecule has 1 saturated heterocycles. The van der Waals surface area contributed by atoms with E-state index in [-0.39, 0.29) is 6.04 Å². The number of hydrogen-bond donors (Lipinski definition) is 0. The molecule has 0 saturated carbocycles. The molecule has 1 aliphatic rings. The van der Waals surface area contributed by atoms with Crippen molar-refractivity contribution >= 4 is 17.1 Å². The van der Waals surface area contributed by atoms with Gasteiger partial charge in [-0.1, -0.05) is 33.0 Å². The van der Waals surface area contributed by atoms with Crippen LogP contribution in [0.25, 0.3) is 0 Å². The molecule has 0 bridgehead atoms. The fourth-order valence-electron chi connectivity index (χ4n) is 2.50. The minimum absolute atomic E-state index is 0.0446. The Morgan fingerprint density at radius 1 is 1.60 bits per heavy atom. The molecule has 1 fully saturated rings. The Bertz CT molecular complexity index is 269. The number of rotatable bonds is 3. The zero-order valence-electron chi connectivity index (χ0n) is 9.86. The zero-order chi connectivity index (χ0) is 11.4. The SMILES string of the molecule is CCC1C(=S)CN(C(C#N)CC)CC1C. The molecule has 2 nitrogen and oxygen atoms in total. The van der Waals surface area contributed by atoms with E-state index in [2.05, 4.69) is 31.7 Å². The third-order valence-corrected chi connectivity index (χ3v) is 3.83. The Balaban J connectivity index is 2.68. The molecule has 0 amide bonds. The number of thiocarbonyl (C=S) groups is 1. The normalized spacial score (nSPS) is 29.9. The average Bonchev–Trinajstić information content (AvgIpc) is 2.19. The molecule has 84 valence electrons. The molecule has 3 unspecified atom stereocenters. The van der Waals surface area contributed by atoms with Crippen molar-refractivity contribution in [2.45, 2.75) is 39.7 Å². The third kappa shape index (κ3) is 2.76. The largest absolute Gasteiger partial charge is 0.283 e. The van der Waals surface area contributed by atoms with Crippen molar-refractivity contribution in [2.24, 2.45) is 11.8 Å². The summed E-state index contributed by atoms with van der Waals surface area (Å²) in [4.78, 5) is 3.38. The number of piperidine rings is 1. The van der Waals surface area contributed by atoms with E-state index >= 15 is 0 Å². The molecule has 0 aromatic heterocycles. The predicted molar refractivity (Wildman–Crippen MR) is 66.8 cm³/mol. The number of likely N-dealkylation sites (tertiary alicyclic amines) is 1. The lowest BCUT2D eigenvalue weighted by Crippen LogP contribution is -2.48. The second kappa shape index (κ2) is 5.58. The lowest BCUT2D eigenvalue weighted by Gasteiger charge is -2.39. The first-order valence-corrected chi connectivity index (χ1v) is 6.21. The summed E-state index contributed by atoms with van der Waals surface area (Å²) in [6.45, 7) is 8.36. The Hall–Kier alpha value is -0.460. The van der Waals surface area contributed by atoms with E-state index in [0.29, 0.717) is 11.8 Å². The molecular formula is C12H20N2S. The first kappa shape index (κ1) is 12.6. The standard InChI is InChI=1S/C12H20N2S/c1-4-10(6-13)14-7-9(3)11(5-2)12(15)8-14/h9-11H,4-5,7-8H2,1-3H3. The quantitative estimate of drug-likeness (QED) is 0.690. The maximum atomic E-state index is 9.04. The summed E-state index contributed by atoms with van der Waals surface area (Å²) < 4.78 is 0.